The monoisotopic (exact) mass is 466 g/mol. The fourth-order valence-corrected chi connectivity index (χ4v) is 4.06. The summed E-state index contributed by atoms with van der Waals surface area (Å²) in [6.07, 6.45) is 10.4. The number of aromatic nitrogens is 5. The van der Waals surface area contributed by atoms with Crippen molar-refractivity contribution in [1.82, 2.24) is 30.2 Å². The molecule has 0 bridgehead atoms. The van der Waals surface area contributed by atoms with Crippen molar-refractivity contribution in [2.75, 3.05) is 23.3 Å². The normalized spacial score (nSPS) is 13.9. The molecule has 9 heteroatoms. The number of hydrogen-bond donors (Lipinski definition) is 2. The highest BCUT2D eigenvalue weighted by Crippen LogP contribution is 2.23. The molecule has 1 amide bonds. The highest BCUT2D eigenvalue weighted by atomic mass is 16.1. The number of carbonyl (C=O) groups excluding carboxylic acids is 1. The molecule has 0 atom stereocenters. The minimum Gasteiger partial charge on any atom is -0.349 e. The first-order valence-electron chi connectivity index (χ1n) is 11.6. The van der Waals surface area contributed by atoms with Crippen molar-refractivity contribution in [2.45, 2.75) is 25.8 Å². The molecule has 2 N–H and O–H groups in total. The lowest BCUT2D eigenvalue weighted by Gasteiger charge is -2.32. The van der Waals surface area contributed by atoms with E-state index in [2.05, 4.69) is 40.5 Å². The van der Waals surface area contributed by atoms with Gasteiger partial charge in [0.1, 0.15) is 0 Å². The number of hydrogen-bond acceptors (Lipinski definition) is 8. The van der Waals surface area contributed by atoms with Gasteiger partial charge in [-0.25, -0.2) is 19.9 Å². The maximum absolute atomic E-state index is 13.0. The Labute approximate surface area is 203 Å². The number of benzene rings is 1. The zero-order chi connectivity index (χ0) is 24.0. The van der Waals surface area contributed by atoms with E-state index in [1.165, 1.54) is 0 Å². The highest BCUT2D eigenvalue weighted by Gasteiger charge is 2.22. The van der Waals surface area contributed by atoms with E-state index in [0.29, 0.717) is 11.5 Å². The van der Waals surface area contributed by atoms with E-state index in [4.69, 9.17) is 0 Å². The van der Waals surface area contributed by atoms with Crippen LogP contribution in [0.1, 0.15) is 28.8 Å². The molecule has 1 aliphatic heterocycles. The zero-order valence-electron chi connectivity index (χ0n) is 19.4. The summed E-state index contributed by atoms with van der Waals surface area (Å²) in [5.41, 5.74) is 4.06. The Bertz CT molecular complexity index is 1290. The van der Waals surface area contributed by atoms with Crippen LogP contribution in [0, 0.1) is 6.92 Å². The van der Waals surface area contributed by atoms with Crippen molar-refractivity contribution in [3.63, 3.8) is 0 Å². The molecular weight excluding hydrogens is 440 g/mol. The standard InChI is InChI=1S/C26H26N8O/c1-18-5-6-19(24(35)31-21-8-14-34(15-9-21)26-29-11-3-12-30-26)16-23(18)33-25-28-13-7-22(32-25)20-4-2-10-27-17-20/h2-7,10-13,16-17,21H,8-9,14-15H2,1H3,(H,31,35)(H,28,32,33). The minimum atomic E-state index is -0.0903. The maximum atomic E-state index is 13.0. The Balaban J connectivity index is 1.24. The fourth-order valence-electron chi connectivity index (χ4n) is 4.06. The van der Waals surface area contributed by atoms with Gasteiger partial charge in [-0.15, -0.1) is 0 Å². The lowest BCUT2D eigenvalue weighted by Crippen LogP contribution is -2.45. The van der Waals surface area contributed by atoms with Gasteiger partial charge in [0.2, 0.25) is 11.9 Å². The SMILES string of the molecule is Cc1ccc(C(=O)NC2CCN(c3ncccn3)CC2)cc1Nc1nccc(-c2cccnc2)n1. The van der Waals surface area contributed by atoms with Gasteiger partial charge in [-0.3, -0.25) is 9.78 Å². The van der Waals surface area contributed by atoms with Crippen molar-refractivity contribution >= 4 is 23.5 Å². The molecule has 4 aromatic rings. The Morgan fingerprint density at radius 1 is 0.971 bits per heavy atom. The zero-order valence-corrected chi connectivity index (χ0v) is 19.4. The predicted molar refractivity (Wildman–Crippen MR) is 134 cm³/mol. The number of anilines is 3. The molecule has 1 fully saturated rings. The average Bonchev–Trinajstić information content (AvgIpc) is 2.91. The molecule has 9 nitrogen and oxygen atoms in total. The molecule has 0 spiro atoms. The lowest BCUT2D eigenvalue weighted by molar-refractivity contribution is 0.0931. The summed E-state index contributed by atoms with van der Waals surface area (Å²) in [6.45, 7) is 3.59. The number of aryl methyl sites for hydroxylation is 1. The number of carbonyl (C=O) groups is 1. The van der Waals surface area contributed by atoms with Crippen LogP contribution in [0.25, 0.3) is 11.3 Å². The molecule has 0 saturated carbocycles. The van der Waals surface area contributed by atoms with Gasteiger partial charge in [-0.1, -0.05) is 6.07 Å². The third-order valence-electron chi connectivity index (χ3n) is 6.02. The van der Waals surface area contributed by atoms with Gasteiger partial charge in [0.25, 0.3) is 5.91 Å². The van der Waals surface area contributed by atoms with Crippen LogP contribution in [-0.4, -0.2) is 50.0 Å². The van der Waals surface area contributed by atoms with E-state index in [1.807, 2.05) is 49.4 Å². The van der Waals surface area contributed by atoms with Crippen LogP contribution in [-0.2, 0) is 0 Å². The first-order chi connectivity index (χ1) is 17.2. The van der Waals surface area contributed by atoms with Crippen LogP contribution < -0.4 is 15.5 Å². The van der Waals surface area contributed by atoms with Gasteiger partial charge < -0.3 is 15.5 Å². The van der Waals surface area contributed by atoms with Crippen LogP contribution >= 0.6 is 0 Å². The van der Waals surface area contributed by atoms with Crippen molar-refractivity contribution in [3.8, 4) is 11.3 Å². The predicted octanol–water partition coefficient (Wildman–Crippen LogP) is 3.78. The number of nitrogens with zero attached hydrogens (tertiary/aromatic N) is 6. The van der Waals surface area contributed by atoms with E-state index in [9.17, 15) is 4.79 Å². The van der Waals surface area contributed by atoms with E-state index in [-0.39, 0.29) is 11.9 Å². The van der Waals surface area contributed by atoms with Crippen molar-refractivity contribution in [3.05, 3.63) is 84.6 Å². The third kappa shape index (κ3) is 5.40. The van der Waals surface area contributed by atoms with E-state index in [0.717, 1.165) is 54.4 Å². The number of nitrogens with one attached hydrogen (secondary N) is 2. The van der Waals surface area contributed by atoms with Gasteiger partial charge >= 0.3 is 0 Å². The molecule has 1 aromatic carbocycles. The Morgan fingerprint density at radius 2 is 1.80 bits per heavy atom. The summed E-state index contributed by atoms with van der Waals surface area (Å²) >= 11 is 0. The van der Waals surface area contributed by atoms with Gasteiger partial charge in [0.15, 0.2) is 0 Å². The summed E-state index contributed by atoms with van der Waals surface area (Å²) < 4.78 is 0. The van der Waals surface area contributed by atoms with Gasteiger partial charge in [-0.05, 0) is 61.7 Å². The minimum absolute atomic E-state index is 0.0903. The number of piperidine rings is 1. The second-order valence-electron chi connectivity index (χ2n) is 8.45. The molecule has 1 saturated heterocycles. The lowest BCUT2D eigenvalue weighted by atomic mass is 10.0. The van der Waals surface area contributed by atoms with Crippen LogP contribution in [0.3, 0.4) is 0 Å². The summed E-state index contributed by atoms with van der Waals surface area (Å²) in [5.74, 6) is 1.11. The smallest absolute Gasteiger partial charge is 0.251 e. The molecule has 4 heterocycles. The summed E-state index contributed by atoms with van der Waals surface area (Å²) in [4.78, 5) is 36.9. The number of amides is 1. The van der Waals surface area contributed by atoms with Gasteiger partial charge in [0, 0.05) is 66.9 Å². The summed E-state index contributed by atoms with van der Waals surface area (Å²) in [6, 6.07) is 13.2. The molecule has 35 heavy (non-hydrogen) atoms. The number of rotatable bonds is 6. The summed E-state index contributed by atoms with van der Waals surface area (Å²) in [5, 5.41) is 6.44. The second kappa shape index (κ2) is 10.3. The van der Waals surface area contributed by atoms with Crippen LogP contribution in [0.5, 0.6) is 0 Å². The fraction of sp³-hybridized carbons (Fsp3) is 0.231. The first-order valence-corrected chi connectivity index (χ1v) is 11.6. The molecule has 176 valence electrons. The quantitative estimate of drug-likeness (QED) is 0.442. The van der Waals surface area contributed by atoms with E-state index in [1.54, 1.807) is 31.0 Å². The van der Waals surface area contributed by atoms with Crippen molar-refractivity contribution in [2.24, 2.45) is 0 Å². The van der Waals surface area contributed by atoms with Crippen LogP contribution in [0.4, 0.5) is 17.6 Å². The van der Waals surface area contributed by atoms with E-state index >= 15 is 0 Å². The van der Waals surface area contributed by atoms with Gasteiger partial charge in [-0.2, -0.15) is 0 Å². The first kappa shape index (κ1) is 22.4. The molecule has 3 aromatic heterocycles. The maximum Gasteiger partial charge on any atom is 0.251 e. The topological polar surface area (TPSA) is 109 Å². The van der Waals surface area contributed by atoms with Crippen molar-refractivity contribution in [1.29, 1.82) is 0 Å². The third-order valence-corrected chi connectivity index (χ3v) is 6.02. The van der Waals surface area contributed by atoms with Crippen molar-refractivity contribution < 1.29 is 4.79 Å². The molecule has 1 aliphatic rings. The van der Waals surface area contributed by atoms with Gasteiger partial charge in [0.05, 0.1) is 5.69 Å². The second-order valence-corrected chi connectivity index (χ2v) is 8.45. The Kier molecular flexibility index (Phi) is 6.56. The average molecular weight is 467 g/mol. The summed E-state index contributed by atoms with van der Waals surface area (Å²) in [7, 11) is 0. The largest absolute Gasteiger partial charge is 0.349 e. The Morgan fingerprint density at radius 3 is 2.57 bits per heavy atom. The van der Waals surface area contributed by atoms with Crippen LogP contribution in [0.2, 0.25) is 0 Å². The molecular formula is C26H26N8O. The molecule has 0 radical (unpaired) electrons. The number of pyridine rings is 1. The highest BCUT2D eigenvalue weighted by molar-refractivity contribution is 5.95. The van der Waals surface area contributed by atoms with Crippen LogP contribution in [0.15, 0.2) is 73.4 Å². The molecule has 0 unspecified atom stereocenters. The molecule has 0 aliphatic carbocycles. The molecule has 5 rings (SSSR count). The Hall–Kier alpha value is -4.40. The van der Waals surface area contributed by atoms with E-state index < -0.39 is 0 Å².